The molecule has 0 unspecified atom stereocenters. The number of esters is 1. The van der Waals surface area contributed by atoms with Crippen LogP contribution in [0.25, 0.3) is 0 Å². The van der Waals surface area contributed by atoms with E-state index in [-0.39, 0.29) is 17.9 Å². The molecule has 0 aliphatic heterocycles. The van der Waals surface area contributed by atoms with Crippen LogP contribution in [-0.2, 0) is 16.0 Å². The van der Waals surface area contributed by atoms with Crippen LogP contribution in [0.5, 0.6) is 11.5 Å². The van der Waals surface area contributed by atoms with Crippen molar-refractivity contribution in [3.63, 3.8) is 0 Å². The summed E-state index contributed by atoms with van der Waals surface area (Å²) < 4.78 is 77.3. The first-order valence-corrected chi connectivity index (χ1v) is 9.69. The Labute approximate surface area is 190 Å². The third-order valence-electron chi connectivity index (χ3n) is 4.56. The number of carbonyl (C=O) groups is 2. The van der Waals surface area contributed by atoms with E-state index in [1.54, 1.807) is 30.3 Å². The first kappa shape index (κ1) is 24.5. The molecule has 34 heavy (non-hydrogen) atoms. The van der Waals surface area contributed by atoms with Gasteiger partial charge < -0.3 is 20.1 Å². The molecule has 0 saturated carbocycles. The summed E-state index contributed by atoms with van der Waals surface area (Å²) in [5.74, 6) is -13.4. The molecule has 6 nitrogen and oxygen atoms in total. The Kier molecular flexibility index (Phi) is 7.67. The summed E-state index contributed by atoms with van der Waals surface area (Å²) in [5.41, 5.74) is 0.804. The lowest BCUT2D eigenvalue weighted by Gasteiger charge is -2.17. The lowest BCUT2D eigenvalue weighted by molar-refractivity contribution is -0.142. The number of hydrogen-bond donors (Lipinski definition) is 2. The average molecular weight is 480 g/mol. The lowest BCUT2D eigenvalue weighted by atomic mass is 10.1. The fourth-order valence-electron chi connectivity index (χ4n) is 2.94. The van der Waals surface area contributed by atoms with Gasteiger partial charge in [0.15, 0.2) is 0 Å². The van der Waals surface area contributed by atoms with E-state index in [9.17, 15) is 31.5 Å². The standard InChI is InChI=1S/C23H17F5N2O4/c1-33-22(31)15(10-12-6-3-2-4-7-12)30-23(32)29-13-8-5-9-14(11-13)34-21-19(27)17(25)16(24)18(26)20(21)28/h2-9,11,15H,10H2,1H3,(H2,29,30,32)/t15-/m1/s1. The highest BCUT2D eigenvalue weighted by molar-refractivity contribution is 5.92. The fourth-order valence-corrected chi connectivity index (χ4v) is 2.94. The number of methoxy groups -OCH3 is 1. The van der Waals surface area contributed by atoms with Gasteiger partial charge in [-0.15, -0.1) is 0 Å². The minimum atomic E-state index is -2.31. The quantitative estimate of drug-likeness (QED) is 0.214. The summed E-state index contributed by atoms with van der Waals surface area (Å²) in [5, 5.41) is 4.84. The van der Waals surface area contributed by atoms with Gasteiger partial charge in [0.05, 0.1) is 7.11 Å². The Morgan fingerprint density at radius 2 is 1.47 bits per heavy atom. The normalized spacial score (nSPS) is 11.5. The number of benzene rings is 3. The van der Waals surface area contributed by atoms with Crippen LogP contribution >= 0.6 is 0 Å². The zero-order valence-electron chi connectivity index (χ0n) is 17.5. The number of anilines is 1. The summed E-state index contributed by atoms with van der Waals surface area (Å²) in [4.78, 5) is 24.5. The molecule has 0 fully saturated rings. The van der Waals surface area contributed by atoms with E-state index in [4.69, 9.17) is 9.47 Å². The van der Waals surface area contributed by atoms with Crippen LogP contribution in [0.4, 0.5) is 32.4 Å². The van der Waals surface area contributed by atoms with Gasteiger partial charge in [-0.3, -0.25) is 0 Å². The highest BCUT2D eigenvalue weighted by Gasteiger charge is 2.27. The molecule has 0 bridgehead atoms. The smallest absolute Gasteiger partial charge is 0.328 e. The molecular formula is C23H17F5N2O4. The van der Waals surface area contributed by atoms with Crippen LogP contribution in [0.15, 0.2) is 54.6 Å². The summed E-state index contributed by atoms with van der Waals surface area (Å²) >= 11 is 0. The van der Waals surface area contributed by atoms with Crippen LogP contribution in [0.3, 0.4) is 0 Å². The van der Waals surface area contributed by atoms with Crippen LogP contribution in [0, 0.1) is 29.1 Å². The van der Waals surface area contributed by atoms with Crippen molar-refractivity contribution < 1.29 is 41.0 Å². The highest BCUT2D eigenvalue weighted by Crippen LogP contribution is 2.33. The Bertz CT molecular complexity index is 1180. The van der Waals surface area contributed by atoms with E-state index in [1.165, 1.54) is 25.3 Å². The molecular weight excluding hydrogens is 463 g/mol. The predicted octanol–water partition coefficient (Wildman–Crippen LogP) is 5.08. The van der Waals surface area contributed by atoms with Crippen molar-refractivity contribution in [3.8, 4) is 11.5 Å². The number of rotatable bonds is 7. The van der Waals surface area contributed by atoms with Gasteiger partial charge >= 0.3 is 12.0 Å². The molecule has 0 aromatic heterocycles. The van der Waals surface area contributed by atoms with Crippen molar-refractivity contribution in [1.29, 1.82) is 0 Å². The van der Waals surface area contributed by atoms with E-state index in [0.29, 0.717) is 0 Å². The largest absolute Gasteiger partial charge is 0.467 e. The number of carbonyl (C=O) groups excluding carboxylic acids is 2. The third-order valence-corrected chi connectivity index (χ3v) is 4.56. The monoisotopic (exact) mass is 480 g/mol. The fraction of sp³-hybridized carbons (Fsp3) is 0.130. The molecule has 0 spiro atoms. The van der Waals surface area contributed by atoms with Crippen LogP contribution in [0.1, 0.15) is 5.56 Å². The van der Waals surface area contributed by atoms with E-state index in [1.807, 2.05) is 0 Å². The van der Waals surface area contributed by atoms with Crippen molar-refractivity contribution in [2.24, 2.45) is 0 Å². The molecule has 11 heteroatoms. The molecule has 0 saturated heterocycles. The number of ether oxygens (including phenoxy) is 2. The Hall–Kier alpha value is -4.15. The molecule has 2 N–H and O–H groups in total. The zero-order valence-corrected chi connectivity index (χ0v) is 17.5. The van der Waals surface area contributed by atoms with Gasteiger partial charge in [-0.25, -0.2) is 22.8 Å². The summed E-state index contributed by atoms with van der Waals surface area (Å²) in [6.07, 6.45) is 0.143. The molecule has 1 atom stereocenters. The van der Waals surface area contributed by atoms with Crippen molar-refractivity contribution in [1.82, 2.24) is 5.32 Å². The third kappa shape index (κ3) is 5.61. The van der Waals surface area contributed by atoms with E-state index >= 15 is 0 Å². The highest BCUT2D eigenvalue weighted by atomic mass is 19.2. The number of urea groups is 1. The maximum Gasteiger partial charge on any atom is 0.328 e. The van der Waals surface area contributed by atoms with Gasteiger partial charge in [0, 0.05) is 18.2 Å². The summed E-state index contributed by atoms with van der Waals surface area (Å²) in [6, 6.07) is 11.9. The predicted molar refractivity (Wildman–Crippen MR) is 111 cm³/mol. The van der Waals surface area contributed by atoms with Crippen molar-refractivity contribution in [3.05, 3.63) is 89.2 Å². The van der Waals surface area contributed by atoms with Gasteiger partial charge in [-0.1, -0.05) is 36.4 Å². The number of halogens is 5. The van der Waals surface area contributed by atoms with Gasteiger partial charge in [0.1, 0.15) is 11.8 Å². The molecule has 178 valence electrons. The summed E-state index contributed by atoms with van der Waals surface area (Å²) in [6.45, 7) is 0. The van der Waals surface area contributed by atoms with E-state index in [2.05, 4.69) is 10.6 Å². The van der Waals surface area contributed by atoms with Crippen molar-refractivity contribution >= 4 is 17.7 Å². The van der Waals surface area contributed by atoms with Gasteiger partial charge in [0.2, 0.25) is 34.8 Å². The number of nitrogens with one attached hydrogen (secondary N) is 2. The molecule has 0 aliphatic rings. The SMILES string of the molecule is COC(=O)[C@@H](Cc1ccccc1)NC(=O)Nc1cccc(Oc2c(F)c(F)c(F)c(F)c2F)c1. The maximum atomic E-state index is 13.9. The summed E-state index contributed by atoms with van der Waals surface area (Å²) in [7, 11) is 1.17. The van der Waals surface area contributed by atoms with Gasteiger partial charge in [0.25, 0.3) is 0 Å². The van der Waals surface area contributed by atoms with Gasteiger partial charge in [-0.05, 0) is 17.7 Å². The van der Waals surface area contributed by atoms with Crippen LogP contribution in [-0.4, -0.2) is 25.2 Å². The van der Waals surface area contributed by atoms with Crippen molar-refractivity contribution in [2.45, 2.75) is 12.5 Å². The molecule has 0 aliphatic carbocycles. The second-order valence-electron chi connectivity index (χ2n) is 6.89. The Morgan fingerprint density at radius 1 is 0.853 bits per heavy atom. The average Bonchev–Trinajstić information content (AvgIpc) is 2.84. The minimum absolute atomic E-state index is 0.0437. The second kappa shape index (κ2) is 10.6. The first-order valence-electron chi connectivity index (χ1n) is 9.69. The minimum Gasteiger partial charge on any atom is -0.467 e. The molecule has 3 aromatic rings. The van der Waals surface area contributed by atoms with Crippen molar-refractivity contribution in [2.75, 3.05) is 12.4 Å². The number of amides is 2. The topological polar surface area (TPSA) is 76.7 Å². The molecule has 0 radical (unpaired) electrons. The first-order chi connectivity index (χ1) is 16.2. The number of hydrogen-bond acceptors (Lipinski definition) is 4. The van der Waals surface area contributed by atoms with E-state index in [0.717, 1.165) is 11.6 Å². The second-order valence-corrected chi connectivity index (χ2v) is 6.89. The Morgan fingerprint density at radius 3 is 2.09 bits per heavy atom. The van der Waals surface area contributed by atoms with Crippen LogP contribution in [0.2, 0.25) is 0 Å². The zero-order chi connectivity index (χ0) is 24.8. The molecule has 0 heterocycles. The van der Waals surface area contributed by atoms with Gasteiger partial charge in [-0.2, -0.15) is 8.78 Å². The van der Waals surface area contributed by atoms with Crippen LogP contribution < -0.4 is 15.4 Å². The molecule has 2 amide bonds. The van der Waals surface area contributed by atoms with E-state index < -0.39 is 52.9 Å². The maximum absolute atomic E-state index is 13.9. The lowest BCUT2D eigenvalue weighted by Crippen LogP contribution is -2.45. The molecule has 3 rings (SSSR count). The molecule has 3 aromatic carbocycles. The Balaban J connectivity index is 1.74.